The van der Waals surface area contributed by atoms with Gasteiger partial charge in [-0.2, -0.15) is 0 Å². The highest BCUT2D eigenvalue weighted by molar-refractivity contribution is 6.30. The molecule has 0 N–H and O–H groups in total. The molecule has 108 valence electrons. The van der Waals surface area contributed by atoms with E-state index in [2.05, 4.69) is 36.2 Å². The van der Waals surface area contributed by atoms with E-state index in [9.17, 15) is 0 Å². The Morgan fingerprint density at radius 2 is 1.86 bits per heavy atom. The summed E-state index contributed by atoms with van der Waals surface area (Å²) >= 11 is 6.24. The molecule has 0 aromatic heterocycles. The standard InChI is InChI=1S/C18H18ClNO/c1-20-9-8-13-14-4-2-3-5-17(14)21-18-7-6-12(19)10-15(18)16(13)11-20/h2-7,10,13,16H,8-9,11H2,1H3/t13-,16-/m0/s1. The average Bonchev–Trinajstić information content (AvgIpc) is 2.62. The highest BCUT2D eigenvalue weighted by Gasteiger charge is 2.36. The molecule has 2 aliphatic heterocycles. The van der Waals surface area contributed by atoms with Crippen LogP contribution in [0.2, 0.25) is 5.02 Å². The Morgan fingerprint density at radius 3 is 2.76 bits per heavy atom. The zero-order valence-electron chi connectivity index (χ0n) is 12.1. The molecule has 21 heavy (non-hydrogen) atoms. The van der Waals surface area contributed by atoms with Crippen LogP contribution in [0.15, 0.2) is 42.5 Å². The van der Waals surface area contributed by atoms with Crippen molar-refractivity contribution in [2.45, 2.75) is 18.3 Å². The van der Waals surface area contributed by atoms with Crippen molar-refractivity contribution < 1.29 is 4.74 Å². The molecule has 0 radical (unpaired) electrons. The van der Waals surface area contributed by atoms with Crippen LogP contribution in [0.3, 0.4) is 0 Å². The van der Waals surface area contributed by atoms with Gasteiger partial charge < -0.3 is 9.64 Å². The Morgan fingerprint density at radius 1 is 1.05 bits per heavy atom. The number of hydrogen-bond donors (Lipinski definition) is 0. The molecular formula is C18H18ClNO. The van der Waals surface area contributed by atoms with Gasteiger partial charge in [-0.1, -0.05) is 29.8 Å². The Labute approximate surface area is 130 Å². The van der Waals surface area contributed by atoms with E-state index < -0.39 is 0 Å². The number of rotatable bonds is 0. The molecule has 0 bridgehead atoms. The van der Waals surface area contributed by atoms with Crippen molar-refractivity contribution in [3.8, 4) is 11.5 Å². The number of halogens is 1. The number of para-hydroxylation sites is 1. The van der Waals surface area contributed by atoms with Crippen molar-refractivity contribution in [1.29, 1.82) is 0 Å². The Kier molecular flexibility index (Phi) is 3.16. The highest BCUT2D eigenvalue weighted by atomic mass is 35.5. The number of benzene rings is 2. The van der Waals surface area contributed by atoms with Crippen LogP contribution in [0, 0.1) is 0 Å². The van der Waals surface area contributed by atoms with E-state index in [1.165, 1.54) is 11.1 Å². The number of ether oxygens (including phenoxy) is 1. The van der Waals surface area contributed by atoms with Crippen molar-refractivity contribution in [1.82, 2.24) is 4.90 Å². The summed E-state index contributed by atoms with van der Waals surface area (Å²) in [5, 5.41) is 0.787. The van der Waals surface area contributed by atoms with E-state index in [4.69, 9.17) is 16.3 Å². The molecule has 3 heteroatoms. The molecule has 1 fully saturated rings. The van der Waals surface area contributed by atoms with E-state index in [1.807, 2.05) is 18.2 Å². The predicted octanol–water partition coefficient (Wildman–Crippen LogP) is 4.65. The van der Waals surface area contributed by atoms with E-state index in [-0.39, 0.29) is 0 Å². The maximum Gasteiger partial charge on any atom is 0.131 e. The van der Waals surface area contributed by atoms with Gasteiger partial charge in [-0.25, -0.2) is 0 Å². The van der Waals surface area contributed by atoms with Crippen molar-refractivity contribution in [3.63, 3.8) is 0 Å². The summed E-state index contributed by atoms with van der Waals surface area (Å²) in [6, 6.07) is 14.4. The first-order valence-corrected chi connectivity index (χ1v) is 7.85. The quantitative estimate of drug-likeness (QED) is 0.702. The molecule has 2 atom stereocenters. The summed E-state index contributed by atoms with van der Waals surface area (Å²) in [4.78, 5) is 2.40. The number of hydrogen-bond acceptors (Lipinski definition) is 2. The smallest absolute Gasteiger partial charge is 0.131 e. The molecule has 0 unspecified atom stereocenters. The second-order valence-corrected chi connectivity index (χ2v) is 6.52. The van der Waals surface area contributed by atoms with E-state index in [0.29, 0.717) is 11.8 Å². The summed E-state index contributed by atoms with van der Waals surface area (Å²) in [5.74, 6) is 2.91. The summed E-state index contributed by atoms with van der Waals surface area (Å²) in [5.41, 5.74) is 2.58. The van der Waals surface area contributed by atoms with Gasteiger partial charge in [0.15, 0.2) is 0 Å². The summed E-state index contributed by atoms with van der Waals surface area (Å²) < 4.78 is 6.21. The normalized spacial score (nSPS) is 24.3. The van der Waals surface area contributed by atoms with Gasteiger partial charge in [0.2, 0.25) is 0 Å². The third kappa shape index (κ3) is 2.23. The SMILES string of the molecule is CN1CC[C@H]2c3ccccc3Oc3ccc(Cl)cc3[C@H]2C1. The number of likely N-dealkylation sites (N-methyl/N-ethyl adjacent to an activating group) is 1. The zero-order chi connectivity index (χ0) is 14.4. The molecular weight excluding hydrogens is 282 g/mol. The van der Waals surface area contributed by atoms with Crippen LogP contribution < -0.4 is 4.74 Å². The molecule has 0 spiro atoms. The second-order valence-electron chi connectivity index (χ2n) is 6.09. The van der Waals surface area contributed by atoms with Crippen molar-refractivity contribution in [3.05, 3.63) is 58.6 Å². The molecule has 2 nitrogen and oxygen atoms in total. The molecule has 1 saturated heterocycles. The van der Waals surface area contributed by atoms with Gasteiger partial charge in [0.05, 0.1) is 0 Å². The number of nitrogens with zero attached hydrogens (tertiary/aromatic N) is 1. The van der Waals surface area contributed by atoms with Crippen LogP contribution >= 0.6 is 11.6 Å². The van der Waals surface area contributed by atoms with Gasteiger partial charge in [-0.05, 0) is 55.8 Å². The molecule has 0 saturated carbocycles. The molecule has 4 rings (SSSR count). The minimum absolute atomic E-state index is 0.445. The lowest BCUT2D eigenvalue weighted by Gasteiger charge is -2.36. The maximum atomic E-state index is 6.24. The molecule has 0 aliphatic carbocycles. The van der Waals surface area contributed by atoms with Crippen molar-refractivity contribution >= 4 is 11.6 Å². The number of likely N-dealkylation sites (tertiary alicyclic amines) is 1. The van der Waals surface area contributed by atoms with Crippen molar-refractivity contribution in [2.24, 2.45) is 0 Å². The monoisotopic (exact) mass is 299 g/mol. The summed E-state index contributed by atoms with van der Waals surface area (Å²) in [7, 11) is 2.19. The lowest BCUT2D eigenvalue weighted by molar-refractivity contribution is 0.228. The predicted molar refractivity (Wildman–Crippen MR) is 85.6 cm³/mol. The van der Waals surface area contributed by atoms with Crippen LogP contribution in [-0.4, -0.2) is 25.0 Å². The molecule has 2 aromatic rings. The van der Waals surface area contributed by atoms with Crippen LogP contribution in [0.1, 0.15) is 29.4 Å². The van der Waals surface area contributed by atoms with Crippen LogP contribution in [0.4, 0.5) is 0 Å². The van der Waals surface area contributed by atoms with Crippen LogP contribution in [0.25, 0.3) is 0 Å². The topological polar surface area (TPSA) is 12.5 Å². The van der Waals surface area contributed by atoms with Gasteiger partial charge in [-0.15, -0.1) is 0 Å². The van der Waals surface area contributed by atoms with E-state index in [1.54, 1.807) is 0 Å². The minimum atomic E-state index is 0.445. The second kappa shape index (κ2) is 5.04. The molecule has 0 amide bonds. The largest absolute Gasteiger partial charge is 0.457 e. The Bertz CT molecular complexity index is 685. The first-order valence-electron chi connectivity index (χ1n) is 7.47. The maximum absolute atomic E-state index is 6.24. The Hall–Kier alpha value is -1.51. The number of piperidine rings is 1. The van der Waals surface area contributed by atoms with Gasteiger partial charge in [0, 0.05) is 23.0 Å². The first kappa shape index (κ1) is 13.2. The number of fused-ring (bicyclic) bond motifs is 5. The Balaban J connectivity index is 1.91. The van der Waals surface area contributed by atoms with E-state index in [0.717, 1.165) is 36.0 Å². The van der Waals surface area contributed by atoms with Gasteiger partial charge in [0.1, 0.15) is 11.5 Å². The van der Waals surface area contributed by atoms with Crippen molar-refractivity contribution in [2.75, 3.05) is 20.1 Å². The van der Waals surface area contributed by atoms with Gasteiger partial charge in [0.25, 0.3) is 0 Å². The zero-order valence-corrected chi connectivity index (χ0v) is 12.8. The summed E-state index contributed by atoms with van der Waals surface area (Å²) in [6.45, 7) is 2.18. The molecule has 2 heterocycles. The fourth-order valence-corrected chi connectivity index (χ4v) is 3.88. The van der Waals surface area contributed by atoms with Gasteiger partial charge in [-0.3, -0.25) is 0 Å². The van der Waals surface area contributed by atoms with Crippen LogP contribution in [0.5, 0.6) is 11.5 Å². The minimum Gasteiger partial charge on any atom is -0.457 e. The first-order chi connectivity index (χ1) is 10.2. The third-order valence-corrected chi connectivity index (χ3v) is 4.96. The molecule has 2 aromatic carbocycles. The van der Waals surface area contributed by atoms with Gasteiger partial charge >= 0.3 is 0 Å². The third-order valence-electron chi connectivity index (χ3n) is 4.73. The average molecular weight is 300 g/mol. The molecule has 2 aliphatic rings. The lowest BCUT2D eigenvalue weighted by atomic mass is 9.77. The fraction of sp³-hybridized carbons (Fsp3) is 0.333. The lowest BCUT2D eigenvalue weighted by Crippen LogP contribution is -2.35. The van der Waals surface area contributed by atoms with E-state index >= 15 is 0 Å². The summed E-state index contributed by atoms with van der Waals surface area (Å²) in [6.07, 6.45) is 1.16. The fourth-order valence-electron chi connectivity index (χ4n) is 3.70. The van der Waals surface area contributed by atoms with Crippen LogP contribution in [-0.2, 0) is 0 Å². The highest BCUT2D eigenvalue weighted by Crippen LogP contribution is 2.49.